The maximum absolute atomic E-state index is 12.0. The Morgan fingerprint density at radius 2 is 1.74 bits per heavy atom. The third kappa shape index (κ3) is 5.49. The van der Waals surface area contributed by atoms with Crippen LogP contribution in [0.3, 0.4) is 0 Å². The molecule has 1 N–H and O–H groups in total. The molecule has 1 fully saturated rings. The number of hydrogen-bond acceptors (Lipinski definition) is 4. The molecule has 0 aromatic heterocycles. The summed E-state index contributed by atoms with van der Waals surface area (Å²) in [6.45, 7) is 4.80. The molecule has 0 unspecified atom stereocenters. The summed E-state index contributed by atoms with van der Waals surface area (Å²) >= 11 is 0. The Balaban J connectivity index is 2.12. The molecule has 0 bridgehead atoms. The predicted octanol–water partition coefficient (Wildman–Crippen LogP) is 2.64. The third-order valence-corrected chi connectivity index (χ3v) is 3.38. The largest absolute Gasteiger partial charge is 0.508 e. The van der Waals surface area contributed by atoms with E-state index >= 15 is 0 Å². The van der Waals surface area contributed by atoms with Crippen LogP contribution in [0, 0.1) is 5.41 Å². The molecule has 0 saturated carbocycles. The third-order valence-electron chi connectivity index (χ3n) is 3.38. The van der Waals surface area contributed by atoms with Crippen molar-refractivity contribution < 1.29 is 19.1 Å². The summed E-state index contributed by atoms with van der Waals surface area (Å²) in [4.78, 5) is 22.8. The second-order valence-corrected chi connectivity index (χ2v) is 5.41. The molecule has 0 aromatic carbocycles. The minimum Gasteiger partial charge on any atom is -0.433 e. The van der Waals surface area contributed by atoms with Crippen LogP contribution in [-0.2, 0) is 14.3 Å². The highest BCUT2D eigenvalue weighted by Crippen LogP contribution is 2.22. The number of rotatable bonds is 8. The number of ether oxygens (including phenoxy) is 2. The van der Waals surface area contributed by atoms with E-state index in [9.17, 15) is 9.59 Å². The zero-order chi connectivity index (χ0) is 14.1. The van der Waals surface area contributed by atoms with Gasteiger partial charge in [-0.25, -0.2) is 4.79 Å². The molecule has 0 aliphatic carbocycles. The van der Waals surface area contributed by atoms with E-state index in [1.165, 1.54) is 25.7 Å². The molecule has 1 rings (SSSR count). The van der Waals surface area contributed by atoms with Crippen molar-refractivity contribution in [1.82, 2.24) is 5.32 Å². The van der Waals surface area contributed by atoms with E-state index in [1.54, 1.807) is 6.92 Å². The van der Waals surface area contributed by atoms with Gasteiger partial charge in [0.1, 0.15) is 18.6 Å². The molecule has 0 aromatic rings. The Labute approximate surface area is 115 Å². The highest BCUT2D eigenvalue weighted by atomic mass is 16.7. The van der Waals surface area contributed by atoms with Gasteiger partial charge >= 0.3 is 6.16 Å². The monoisotopic (exact) mass is 271 g/mol. The van der Waals surface area contributed by atoms with Crippen molar-refractivity contribution in [2.24, 2.45) is 5.41 Å². The molecule has 0 atom stereocenters. The van der Waals surface area contributed by atoms with Gasteiger partial charge in [-0.05, 0) is 13.3 Å². The second kappa shape index (κ2) is 8.02. The lowest BCUT2D eigenvalue weighted by Crippen LogP contribution is -2.49. The van der Waals surface area contributed by atoms with Gasteiger partial charge in [-0.3, -0.25) is 4.79 Å². The highest BCUT2D eigenvalue weighted by molar-refractivity contribution is 5.83. The summed E-state index contributed by atoms with van der Waals surface area (Å²) in [5.41, 5.74) is -0.754. The van der Waals surface area contributed by atoms with Crippen molar-refractivity contribution in [3.8, 4) is 0 Å². The van der Waals surface area contributed by atoms with Crippen molar-refractivity contribution in [3.63, 3.8) is 0 Å². The number of hydrogen-bond donors (Lipinski definition) is 1. The van der Waals surface area contributed by atoms with E-state index in [4.69, 9.17) is 9.47 Å². The van der Waals surface area contributed by atoms with E-state index in [0.29, 0.717) is 6.54 Å². The summed E-state index contributed by atoms with van der Waals surface area (Å²) in [6, 6.07) is 0. The Kier molecular flexibility index (Phi) is 6.67. The van der Waals surface area contributed by atoms with Gasteiger partial charge in [-0.2, -0.15) is 0 Å². The molecule has 1 heterocycles. The Hall–Kier alpha value is -1.26. The van der Waals surface area contributed by atoms with E-state index in [2.05, 4.69) is 12.2 Å². The Morgan fingerprint density at radius 3 is 2.37 bits per heavy atom. The van der Waals surface area contributed by atoms with Crippen molar-refractivity contribution >= 4 is 12.1 Å². The van der Waals surface area contributed by atoms with Gasteiger partial charge in [0.15, 0.2) is 0 Å². The molecule has 1 saturated heterocycles. The summed E-state index contributed by atoms with van der Waals surface area (Å²) in [6.07, 6.45) is 6.46. The van der Waals surface area contributed by atoms with E-state index in [0.717, 1.165) is 12.8 Å². The number of carbonyl (C=O) groups excluding carboxylic acids is 2. The number of carbonyl (C=O) groups is 2. The first-order chi connectivity index (χ1) is 9.08. The fourth-order valence-electron chi connectivity index (χ4n) is 1.97. The van der Waals surface area contributed by atoms with Gasteiger partial charge in [0.25, 0.3) is 0 Å². The van der Waals surface area contributed by atoms with E-state index in [-0.39, 0.29) is 19.1 Å². The fourth-order valence-corrected chi connectivity index (χ4v) is 1.97. The van der Waals surface area contributed by atoms with Crippen LogP contribution in [0.5, 0.6) is 0 Å². The molecular weight excluding hydrogens is 246 g/mol. The van der Waals surface area contributed by atoms with Crippen LogP contribution in [-0.4, -0.2) is 31.8 Å². The number of amides is 1. The Morgan fingerprint density at radius 1 is 1.16 bits per heavy atom. The van der Waals surface area contributed by atoms with E-state index in [1.807, 2.05) is 0 Å². The van der Waals surface area contributed by atoms with Gasteiger partial charge in [-0.15, -0.1) is 0 Å². The molecule has 19 heavy (non-hydrogen) atoms. The predicted molar refractivity (Wildman–Crippen MR) is 71.8 cm³/mol. The number of unbranched alkanes of at least 4 members (excludes halogenated alkanes) is 5. The topological polar surface area (TPSA) is 64.6 Å². The minimum atomic E-state index is -0.754. The van der Waals surface area contributed by atoms with Crippen LogP contribution in [0.25, 0.3) is 0 Å². The first kappa shape index (κ1) is 15.8. The first-order valence-corrected chi connectivity index (χ1v) is 7.16. The molecule has 5 nitrogen and oxygen atoms in total. The van der Waals surface area contributed by atoms with Crippen LogP contribution in [0.4, 0.5) is 4.79 Å². The lowest BCUT2D eigenvalue weighted by molar-refractivity contribution is -0.141. The van der Waals surface area contributed by atoms with Crippen LogP contribution < -0.4 is 5.32 Å². The zero-order valence-electron chi connectivity index (χ0n) is 12.0. The average Bonchev–Trinajstić information content (AvgIpc) is 2.41. The second-order valence-electron chi connectivity index (χ2n) is 5.41. The van der Waals surface area contributed by atoms with Crippen molar-refractivity contribution in [2.45, 2.75) is 52.4 Å². The maximum atomic E-state index is 12.0. The smallest absolute Gasteiger partial charge is 0.433 e. The molecule has 1 amide bonds. The highest BCUT2D eigenvalue weighted by Gasteiger charge is 2.39. The Bertz CT molecular complexity index is 294. The molecule has 0 radical (unpaired) electrons. The summed E-state index contributed by atoms with van der Waals surface area (Å²) < 4.78 is 9.53. The number of cyclic esters (lactones) is 2. The summed E-state index contributed by atoms with van der Waals surface area (Å²) in [7, 11) is 0. The standard InChI is InChI=1S/C14H25NO4/c1-3-4-5-6-7-8-9-15-12(16)14(2)10-18-13(17)19-11-14/h3-11H2,1-2H3,(H,15,16). The minimum absolute atomic E-state index is 0.0914. The SMILES string of the molecule is CCCCCCCCNC(=O)C1(C)COC(=O)OC1. The summed E-state index contributed by atoms with van der Waals surface area (Å²) in [5, 5.41) is 2.89. The van der Waals surface area contributed by atoms with Crippen LogP contribution in [0.1, 0.15) is 52.4 Å². The molecule has 110 valence electrons. The molecule has 1 aliphatic rings. The quantitative estimate of drug-likeness (QED) is 0.544. The van der Waals surface area contributed by atoms with Gasteiger partial charge in [0, 0.05) is 6.54 Å². The van der Waals surface area contributed by atoms with Crippen LogP contribution in [0.2, 0.25) is 0 Å². The zero-order valence-corrected chi connectivity index (χ0v) is 12.0. The summed E-state index contributed by atoms with van der Waals surface area (Å²) in [5.74, 6) is -0.103. The molecular formula is C14H25NO4. The van der Waals surface area contributed by atoms with Crippen molar-refractivity contribution in [2.75, 3.05) is 19.8 Å². The first-order valence-electron chi connectivity index (χ1n) is 7.16. The van der Waals surface area contributed by atoms with Gasteiger partial charge < -0.3 is 14.8 Å². The van der Waals surface area contributed by atoms with Crippen LogP contribution >= 0.6 is 0 Å². The number of nitrogens with one attached hydrogen (secondary N) is 1. The fraction of sp³-hybridized carbons (Fsp3) is 0.857. The lowest BCUT2D eigenvalue weighted by Gasteiger charge is -2.30. The van der Waals surface area contributed by atoms with Gasteiger partial charge in [0.05, 0.1) is 0 Å². The molecule has 0 spiro atoms. The van der Waals surface area contributed by atoms with Crippen molar-refractivity contribution in [1.29, 1.82) is 0 Å². The average molecular weight is 271 g/mol. The van der Waals surface area contributed by atoms with Gasteiger partial charge in [-0.1, -0.05) is 39.0 Å². The van der Waals surface area contributed by atoms with Crippen LogP contribution in [0.15, 0.2) is 0 Å². The molecule has 1 aliphatic heterocycles. The van der Waals surface area contributed by atoms with E-state index < -0.39 is 11.6 Å². The lowest BCUT2D eigenvalue weighted by atomic mass is 9.91. The maximum Gasteiger partial charge on any atom is 0.508 e. The molecule has 5 heteroatoms. The van der Waals surface area contributed by atoms with Crippen molar-refractivity contribution in [3.05, 3.63) is 0 Å². The normalized spacial score (nSPS) is 17.5. The van der Waals surface area contributed by atoms with Gasteiger partial charge in [0.2, 0.25) is 5.91 Å².